The first kappa shape index (κ1) is 17.0. The number of hydroxylamine groups is 3. The first-order valence-electron chi connectivity index (χ1n) is 8.71. The van der Waals surface area contributed by atoms with Gasteiger partial charge in [0, 0.05) is 18.4 Å². The molecule has 0 bridgehead atoms. The highest BCUT2D eigenvalue weighted by atomic mass is 16.5. The molecule has 138 valence electrons. The van der Waals surface area contributed by atoms with Crippen LogP contribution in [0.5, 0.6) is 23.0 Å². The van der Waals surface area contributed by atoms with E-state index in [0.717, 1.165) is 22.3 Å². The van der Waals surface area contributed by atoms with Crippen molar-refractivity contribution in [3.05, 3.63) is 51.7 Å². The molecule has 2 aromatic carbocycles. The zero-order chi connectivity index (χ0) is 18.5. The third kappa shape index (κ3) is 2.40. The molecule has 0 fully saturated rings. The van der Waals surface area contributed by atoms with Gasteiger partial charge in [0.2, 0.25) is 0 Å². The average Bonchev–Trinajstić information content (AvgIpc) is 2.65. The maximum Gasteiger partial charge on any atom is 0.169 e. The van der Waals surface area contributed by atoms with E-state index in [9.17, 15) is 10.3 Å². The number of hydrogen-bond donors (Lipinski definition) is 1. The lowest BCUT2D eigenvalue weighted by atomic mass is 9.83. The fourth-order valence-corrected chi connectivity index (χ4v) is 4.37. The molecule has 6 heteroatoms. The Hall–Kier alpha value is -2.44. The van der Waals surface area contributed by atoms with E-state index in [4.69, 9.17) is 14.2 Å². The zero-order valence-corrected chi connectivity index (χ0v) is 15.2. The molecule has 0 spiro atoms. The predicted molar refractivity (Wildman–Crippen MR) is 96.6 cm³/mol. The second-order valence-electron chi connectivity index (χ2n) is 6.97. The monoisotopic (exact) mass is 357 g/mol. The molecule has 1 N–H and O–H groups in total. The minimum Gasteiger partial charge on any atom is -0.632 e. The van der Waals surface area contributed by atoms with E-state index >= 15 is 0 Å². The molecule has 26 heavy (non-hydrogen) atoms. The molecule has 2 aliphatic heterocycles. The van der Waals surface area contributed by atoms with Crippen LogP contribution in [0.15, 0.2) is 24.3 Å². The highest BCUT2D eigenvalue weighted by Crippen LogP contribution is 2.49. The van der Waals surface area contributed by atoms with E-state index in [2.05, 4.69) is 0 Å². The SMILES string of the molecule is COc1cc2c(cc1O)[C@@H]1Cc3ccc(OC)c(OC)c3C[N+]1([O-])CC2. The van der Waals surface area contributed by atoms with Crippen molar-refractivity contribution in [2.75, 3.05) is 27.9 Å². The van der Waals surface area contributed by atoms with Crippen LogP contribution >= 0.6 is 0 Å². The van der Waals surface area contributed by atoms with Crippen LogP contribution in [-0.4, -0.2) is 37.6 Å². The number of hydrogen-bond acceptors (Lipinski definition) is 5. The van der Waals surface area contributed by atoms with Crippen molar-refractivity contribution in [2.24, 2.45) is 0 Å². The van der Waals surface area contributed by atoms with Gasteiger partial charge < -0.3 is 29.2 Å². The number of methoxy groups -OCH3 is 3. The van der Waals surface area contributed by atoms with Crippen molar-refractivity contribution >= 4 is 0 Å². The summed E-state index contributed by atoms with van der Waals surface area (Å²) in [6.45, 7) is 0.831. The number of fused-ring (bicyclic) bond motifs is 4. The van der Waals surface area contributed by atoms with E-state index in [-0.39, 0.29) is 16.4 Å². The van der Waals surface area contributed by atoms with Gasteiger partial charge in [-0.2, -0.15) is 0 Å². The topological polar surface area (TPSA) is 71.0 Å². The highest BCUT2D eigenvalue weighted by molar-refractivity contribution is 5.53. The summed E-state index contributed by atoms with van der Waals surface area (Å²) < 4.78 is 15.8. The maximum absolute atomic E-state index is 13.7. The van der Waals surface area contributed by atoms with Gasteiger partial charge >= 0.3 is 0 Å². The van der Waals surface area contributed by atoms with Gasteiger partial charge in [-0.1, -0.05) is 6.07 Å². The van der Waals surface area contributed by atoms with Gasteiger partial charge in [-0.15, -0.1) is 0 Å². The number of nitrogens with zero attached hydrogens (tertiary/aromatic N) is 1. The molecule has 6 nitrogen and oxygen atoms in total. The largest absolute Gasteiger partial charge is 0.632 e. The summed E-state index contributed by atoms with van der Waals surface area (Å²) in [7, 11) is 4.74. The summed E-state index contributed by atoms with van der Waals surface area (Å²) in [6, 6.07) is 7.23. The highest BCUT2D eigenvalue weighted by Gasteiger charge is 2.42. The van der Waals surface area contributed by atoms with Gasteiger partial charge in [0.25, 0.3) is 0 Å². The molecule has 0 amide bonds. The lowest BCUT2D eigenvalue weighted by Gasteiger charge is -2.54. The third-order valence-corrected chi connectivity index (χ3v) is 5.71. The molecular weight excluding hydrogens is 334 g/mol. The first-order valence-corrected chi connectivity index (χ1v) is 8.71. The zero-order valence-electron chi connectivity index (χ0n) is 15.2. The standard InChI is InChI=1S/C20H23NO5/c1-24-18-5-4-12-8-16-14-10-17(22)19(25-2)9-13(14)6-7-21(16,23)11-15(12)20(18)26-3/h4-5,9-10,16,22H,6-8,11H2,1-3H3/t16-,21?/m0/s1. The Bertz CT molecular complexity index is 866. The summed E-state index contributed by atoms with van der Waals surface area (Å²) in [5.41, 5.74) is 4.03. The van der Waals surface area contributed by atoms with Crippen LogP contribution in [0.3, 0.4) is 0 Å². The Morgan fingerprint density at radius 3 is 2.50 bits per heavy atom. The third-order valence-electron chi connectivity index (χ3n) is 5.71. The summed E-state index contributed by atoms with van der Waals surface area (Å²) in [4.78, 5) is 0. The molecule has 0 radical (unpaired) electrons. The van der Waals surface area contributed by atoms with Crippen molar-refractivity contribution in [3.8, 4) is 23.0 Å². The first-order chi connectivity index (χ1) is 12.5. The van der Waals surface area contributed by atoms with Gasteiger partial charge in [0.1, 0.15) is 12.6 Å². The van der Waals surface area contributed by atoms with Crippen LogP contribution in [0.4, 0.5) is 0 Å². The maximum atomic E-state index is 13.7. The molecule has 1 unspecified atom stereocenters. The molecule has 0 saturated heterocycles. The van der Waals surface area contributed by atoms with Crippen LogP contribution in [0.1, 0.15) is 28.3 Å². The Morgan fingerprint density at radius 1 is 1.04 bits per heavy atom. The van der Waals surface area contributed by atoms with Crippen molar-refractivity contribution in [2.45, 2.75) is 25.4 Å². The number of phenolic OH excluding ortho intramolecular Hbond substituents is 1. The molecule has 2 aliphatic rings. The number of phenols is 1. The van der Waals surface area contributed by atoms with E-state index < -0.39 is 0 Å². The number of aromatic hydroxyl groups is 1. The number of quaternary nitrogens is 1. The Kier molecular flexibility index (Phi) is 3.97. The number of rotatable bonds is 3. The minimum atomic E-state index is -0.338. The fourth-order valence-electron chi connectivity index (χ4n) is 4.37. The van der Waals surface area contributed by atoms with E-state index in [1.807, 2.05) is 18.2 Å². The second kappa shape index (κ2) is 6.07. The minimum absolute atomic E-state index is 0.0813. The second-order valence-corrected chi connectivity index (χ2v) is 6.97. The van der Waals surface area contributed by atoms with Crippen molar-refractivity contribution in [1.29, 1.82) is 0 Å². The van der Waals surface area contributed by atoms with E-state index in [0.29, 0.717) is 43.2 Å². The molecule has 4 rings (SSSR count). The van der Waals surface area contributed by atoms with Crippen LogP contribution in [0, 0.1) is 5.21 Å². The lowest BCUT2D eigenvalue weighted by molar-refractivity contribution is -0.928. The number of ether oxygens (including phenoxy) is 3. The quantitative estimate of drug-likeness (QED) is 0.675. The lowest BCUT2D eigenvalue weighted by Crippen LogP contribution is -2.52. The summed E-state index contributed by atoms with van der Waals surface area (Å²) in [6.07, 6.45) is 1.27. The van der Waals surface area contributed by atoms with Gasteiger partial charge in [-0.3, -0.25) is 0 Å². The Balaban J connectivity index is 1.82. The Labute approximate surface area is 152 Å². The average molecular weight is 357 g/mol. The predicted octanol–water partition coefficient (Wildman–Crippen LogP) is 3.09. The van der Waals surface area contributed by atoms with Crippen LogP contribution in [-0.2, 0) is 19.4 Å². The van der Waals surface area contributed by atoms with Crippen molar-refractivity contribution < 1.29 is 24.0 Å². The van der Waals surface area contributed by atoms with Gasteiger partial charge in [-0.25, -0.2) is 0 Å². The van der Waals surface area contributed by atoms with Crippen molar-refractivity contribution in [1.82, 2.24) is 0 Å². The smallest absolute Gasteiger partial charge is 0.169 e. The van der Waals surface area contributed by atoms with Gasteiger partial charge in [0.15, 0.2) is 23.0 Å². The summed E-state index contributed by atoms with van der Waals surface area (Å²) >= 11 is 0. The van der Waals surface area contributed by atoms with Crippen LogP contribution in [0.2, 0.25) is 0 Å². The molecule has 0 saturated carbocycles. The molecular formula is C20H23NO5. The molecule has 2 aromatic rings. The normalized spacial score (nSPS) is 23.5. The fraction of sp³-hybridized carbons (Fsp3) is 0.400. The van der Waals surface area contributed by atoms with Gasteiger partial charge in [0.05, 0.1) is 33.4 Å². The summed E-state index contributed by atoms with van der Waals surface area (Å²) in [5, 5.41) is 23.9. The van der Waals surface area contributed by atoms with Crippen molar-refractivity contribution in [3.63, 3.8) is 0 Å². The van der Waals surface area contributed by atoms with Crippen LogP contribution < -0.4 is 14.2 Å². The summed E-state index contributed by atoms with van der Waals surface area (Å²) in [5.74, 6) is 1.84. The molecule has 0 aromatic heterocycles. The van der Waals surface area contributed by atoms with E-state index in [1.54, 1.807) is 20.3 Å². The number of benzene rings is 2. The molecule has 2 heterocycles. The Morgan fingerprint density at radius 2 is 1.81 bits per heavy atom. The van der Waals surface area contributed by atoms with Gasteiger partial charge in [-0.05, 0) is 29.3 Å². The van der Waals surface area contributed by atoms with Crippen LogP contribution in [0.25, 0.3) is 0 Å². The molecule has 0 aliphatic carbocycles. The van der Waals surface area contributed by atoms with E-state index in [1.165, 1.54) is 7.11 Å². The molecule has 2 atom stereocenters.